The van der Waals surface area contributed by atoms with Crippen molar-refractivity contribution in [3.05, 3.63) is 35.4 Å². The average molecular weight is 297 g/mol. The molecule has 1 heterocycles. The van der Waals surface area contributed by atoms with Gasteiger partial charge >= 0.3 is 0 Å². The Morgan fingerprint density at radius 2 is 1.95 bits per heavy atom. The van der Waals surface area contributed by atoms with E-state index in [-0.39, 0.29) is 18.5 Å². The lowest BCUT2D eigenvalue weighted by atomic mass is 10.0. The van der Waals surface area contributed by atoms with E-state index < -0.39 is 10.2 Å². The van der Waals surface area contributed by atoms with Crippen molar-refractivity contribution in [3.63, 3.8) is 0 Å². The summed E-state index contributed by atoms with van der Waals surface area (Å²) in [5, 5.41) is 0. The van der Waals surface area contributed by atoms with Crippen LogP contribution in [0, 0.1) is 5.92 Å². The second kappa shape index (κ2) is 6.22. The summed E-state index contributed by atoms with van der Waals surface area (Å²) in [6.07, 6.45) is 0.757. The third-order valence-electron chi connectivity index (χ3n) is 3.79. The summed E-state index contributed by atoms with van der Waals surface area (Å²) in [7, 11) is -3.45. The van der Waals surface area contributed by atoms with Crippen molar-refractivity contribution in [2.24, 2.45) is 11.7 Å². The molecule has 0 saturated heterocycles. The fourth-order valence-corrected chi connectivity index (χ4v) is 3.43. The summed E-state index contributed by atoms with van der Waals surface area (Å²) in [5.41, 5.74) is 8.20. The van der Waals surface area contributed by atoms with Crippen molar-refractivity contribution in [1.29, 1.82) is 0 Å². The van der Waals surface area contributed by atoms with E-state index in [0.717, 1.165) is 12.0 Å². The summed E-state index contributed by atoms with van der Waals surface area (Å²) in [6.45, 7) is 5.19. The molecule has 0 spiro atoms. The fraction of sp³-hybridized carbons (Fsp3) is 0.571. The highest BCUT2D eigenvalue weighted by Crippen LogP contribution is 2.20. The highest BCUT2D eigenvalue weighted by Gasteiger charge is 2.26. The summed E-state index contributed by atoms with van der Waals surface area (Å²) in [4.78, 5) is 0. The van der Waals surface area contributed by atoms with Crippen LogP contribution in [0.5, 0.6) is 0 Å². The Hall–Kier alpha value is -0.950. The first-order valence-corrected chi connectivity index (χ1v) is 8.41. The first-order chi connectivity index (χ1) is 9.40. The van der Waals surface area contributed by atoms with Gasteiger partial charge in [-0.2, -0.15) is 12.7 Å². The van der Waals surface area contributed by atoms with Crippen LogP contribution in [0.2, 0.25) is 0 Å². The minimum Gasteiger partial charge on any atom is -0.326 e. The fourth-order valence-electron chi connectivity index (χ4n) is 2.20. The summed E-state index contributed by atoms with van der Waals surface area (Å²) >= 11 is 0. The van der Waals surface area contributed by atoms with E-state index >= 15 is 0 Å². The monoisotopic (exact) mass is 297 g/mol. The molecule has 20 heavy (non-hydrogen) atoms. The van der Waals surface area contributed by atoms with E-state index in [9.17, 15) is 8.42 Å². The number of nitrogens with one attached hydrogen (secondary N) is 1. The Labute approximate surface area is 121 Å². The molecule has 0 amide bonds. The maximum atomic E-state index is 12.3. The zero-order valence-electron chi connectivity index (χ0n) is 12.0. The molecule has 5 nitrogen and oxygen atoms in total. The lowest BCUT2D eigenvalue weighted by molar-refractivity contribution is 0.379. The summed E-state index contributed by atoms with van der Waals surface area (Å²) in [5.74, 6) is 0.250. The zero-order valence-corrected chi connectivity index (χ0v) is 12.9. The van der Waals surface area contributed by atoms with E-state index in [2.05, 4.69) is 10.8 Å². The standard InChI is InChI=1S/C14H23N3O2S/c1-11(2)14(15)9-16-20(18,19)17-8-7-12-5-3-4-6-13(12)10-17/h3-6,11,14,16H,7-10,15H2,1-2H3. The van der Waals surface area contributed by atoms with Crippen molar-refractivity contribution in [3.8, 4) is 0 Å². The topological polar surface area (TPSA) is 75.4 Å². The number of benzene rings is 1. The second-order valence-corrected chi connectivity index (χ2v) is 7.37. The predicted octanol–water partition coefficient (Wildman–Crippen LogP) is 0.862. The third kappa shape index (κ3) is 3.58. The van der Waals surface area contributed by atoms with Gasteiger partial charge in [-0.05, 0) is 23.5 Å². The number of hydrogen-bond acceptors (Lipinski definition) is 3. The zero-order chi connectivity index (χ0) is 14.8. The molecule has 1 aliphatic heterocycles. The van der Waals surface area contributed by atoms with E-state index in [1.54, 1.807) is 0 Å². The molecule has 1 aromatic rings. The van der Waals surface area contributed by atoms with Crippen LogP contribution in [0.15, 0.2) is 24.3 Å². The van der Waals surface area contributed by atoms with Gasteiger partial charge in [0, 0.05) is 25.7 Å². The van der Waals surface area contributed by atoms with Crippen molar-refractivity contribution < 1.29 is 8.42 Å². The molecule has 0 aliphatic carbocycles. The van der Waals surface area contributed by atoms with Gasteiger partial charge in [-0.25, -0.2) is 4.72 Å². The lowest BCUT2D eigenvalue weighted by Crippen LogP contribution is -2.48. The smallest absolute Gasteiger partial charge is 0.279 e. The third-order valence-corrected chi connectivity index (χ3v) is 5.32. The first kappa shape index (κ1) is 15.4. The van der Waals surface area contributed by atoms with Gasteiger partial charge < -0.3 is 5.73 Å². The molecule has 1 aromatic carbocycles. The summed E-state index contributed by atoms with van der Waals surface area (Å²) < 4.78 is 28.7. The van der Waals surface area contributed by atoms with E-state index in [1.807, 2.05) is 32.0 Å². The minimum atomic E-state index is -3.45. The van der Waals surface area contributed by atoms with Crippen LogP contribution in [0.3, 0.4) is 0 Å². The number of hydrogen-bond donors (Lipinski definition) is 2. The van der Waals surface area contributed by atoms with Crippen molar-refractivity contribution in [2.75, 3.05) is 13.1 Å². The molecular weight excluding hydrogens is 274 g/mol. The van der Waals surface area contributed by atoms with Gasteiger partial charge in [0.25, 0.3) is 10.2 Å². The Morgan fingerprint density at radius 3 is 2.60 bits per heavy atom. The molecule has 0 aromatic heterocycles. The number of fused-ring (bicyclic) bond motifs is 1. The molecular formula is C14H23N3O2S. The van der Waals surface area contributed by atoms with Gasteiger partial charge in [-0.3, -0.25) is 0 Å². The van der Waals surface area contributed by atoms with Crippen LogP contribution in [-0.2, 0) is 23.2 Å². The molecule has 0 fully saturated rings. The predicted molar refractivity (Wildman–Crippen MR) is 80.3 cm³/mol. The quantitative estimate of drug-likeness (QED) is 0.846. The summed E-state index contributed by atoms with van der Waals surface area (Å²) in [6, 6.07) is 7.81. The highest BCUT2D eigenvalue weighted by molar-refractivity contribution is 7.87. The van der Waals surface area contributed by atoms with Crippen molar-refractivity contribution in [2.45, 2.75) is 32.9 Å². The van der Waals surface area contributed by atoms with Gasteiger partial charge in [-0.1, -0.05) is 38.1 Å². The van der Waals surface area contributed by atoms with Gasteiger partial charge in [0.05, 0.1) is 0 Å². The van der Waals surface area contributed by atoms with Gasteiger partial charge in [0.15, 0.2) is 0 Å². The largest absolute Gasteiger partial charge is 0.326 e. The van der Waals surface area contributed by atoms with Crippen molar-refractivity contribution >= 4 is 10.2 Å². The highest BCUT2D eigenvalue weighted by atomic mass is 32.2. The maximum absolute atomic E-state index is 12.3. The molecule has 0 saturated carbocycles. The normalized spacial score (nSPS) is 18.0. The molecule has 3 N–H and O–H groups in total. The van der Waals surface area contributed by atoms with E-state index in [0.29, 0.717) is 13.1 Å². The Bertz CT molecular complexity index is 557. The van der Waals surface area contributed by atoms with Crippen LogP contribution in [-0.4, -0.2) is 31.9 Å². The number of nitrogens with zero attached hydrogens (tertiary/aromatic N) is 1. The van der Waals surface area contributed by atoms with Gasteiger partial charge in [0.2, 0.25) is 0 Å². The van der Waals surface area contributed by atoms with Crippen LogP contribution in [0.4, 0.5) is 0 Å². The molecule has 0 radical (unpaired) electrons. The van der Waals surface area contributed by atoms with Crippen molar-refractivity contribution in [1.82, 2.24) is 9.03 Å². The molecule has 0 bridgehead atoms. The molecule has 2 rings (SSSR count). The van der Waals surface area contributed by atoms with Crippen LogP contribution >= 0.6 is 0 Å². The molecule has 6 heteroatoms. The number of rotatable bonds is 5. The van der Waals surface area contributed by atoms with Gasteiger partial charge in [-0.15, -0.1) is 0 Å². The van der Waals surface area contributed by atoms with Gasteiger partial charge in [0.1, 0.15) is 0 Å². The lowest BCUT2D eigenvalue weighted by Gasteiger charge is -2.28. The average Bonchev–Trinajstić information content (AvgIpc) is 2.44. The minimum absolute atomic E-state index is 0.165. The molecule has 1 unspecified atom stereocenters. The van der Waals surface area contributed by atoms with E-state index in [4.69, 9.17) is 5.73 Å². The molecule has 1 atom stereocenters. The Morgan fingerprint density at radius 1 is 1.30 bits per heavy atom. The first-order valence-electron chi connectivity index (χ1n) is 6.97. The number of nitrogens with two attached hydrogens (primary N) is 1. The van der Waals surface area contributed by atoms with Crippen LogP contribution in [0.25, 0.3) is 0 Å². The van der Waals surface area contributed by atoms with E-state index in [1.165, 1.54) is 9.87 Å². The SMILES string of the molecule is CC(C)C(N)CNS(=O)(=O)N1CCc2ccccc2C1. The Kier molecular flexibility index (Phi) is 4.80. The second-order valence-electron chi connectivity index (χ2n) is 5.61. The van der Waals surface area contributed by atoms with Crippen LogP contribution < -0.4 is 10.5 Å². The maximum Gasteiger partial charge on any atom is 0.279 e. The van der Waals surface area contributed by atoms with Crippen LogP contribution in [0.1, 0.15) is 25.0 Å². The molecule has 112 valence electrons. The molecule has 1 aliphatic rings. The Balaban J connectivity index is 2.01.